The van der Waals surface area contributed by atoms with Crippen LogP contribution in [0.3, 0.4) is 0 Å². The standard InChI is InChI=1S/C16H15N3O3S/c1-16(12-8-5-9-23-12)14(21)19(15(22)18-16)10-13(20)17-11-6-3-2-4-7-11/h2-9H,10H2,1H3,(H,17,20)(H,18,22)/t16-/m0/s1. The minimum Gasteiger partial charge on any atom is -0.325 e. The number of para-hydroxylation sites is 1. The smallest absolute Gasteiger partial charge is 0.325 e. The molecule has 1 aromatic carbocycles. The van der Waals surface area contributed by atoms with Crippen molar-refractivity contribution in [2.24, 2.45) is 0 Å². The molecule has 1 aliphatic heterocycles. The molecule has 7 heteroatoms. The van der Waals surface area contributed by atoms with E-state index in [2.05, 4.69) is 10.6 Å². The Hall–Kier alpha value is -2.67. The summed E-state index contributed by atoms with van der Waals surface area (Å²) >= 11 is 1.39. The molecule has 2 aromatic rings. The van der Waals surface area contributed by atoms with Gasteiger partial charge >= 0.3 is 6.03 Å². The highest BCUT2D eigenvalue weighted by Gasteiger charge is 2.50. The first kappa shape index (κ1) is 15.2. The van der Waals surface area contributed by atoms with Crippen molar-refractivity contribution < 1.29 is 14.4 Å². The van der Waals surface area contributed by atoms with Crippen LogP contribution in [0.15, 0.2) is 47.8 Å². The van der Waals surface area contributed by atoms with E-state index in [-0.39, 0.29) is 6.54 Å². The monoisotopic (exact) mass is 329 g/mol. The van der Waals surface area contributed by atoms with Crippen LogP contribution < -0.4 is 10.6 Å². The highest BCUT2D eigenvalue weighted by Crippen LogP contribution is 2.31. The maximum Gasteiger partial charge on any atom is 0.325 e. The number of urea groups is 1. The summed E-state index contributed by atoms with van der Waals surface area (Å²) in [5.41, 5.74) is -0.497. The van der Waals surface area contributed by atoms with Crippen LogP contribution in [0.1, 0.15) is 11.8 Å². The summed E-state index contributed by atoms with van der Waals surface area (Å²) < 4.78 is 0. The van der Waals surface area contributed by atoms with Gasteiger partial charge in [0.25, 0.3) is 5.91 Å². The highest BCUT2D eigenvalue weighted by molar-refractivity contribution is 7.10. The fourth-order valence-electron chi connectivity index (χ4n) is 2.44. The molecule has 1 saturated heterocycles. The molecule has 1 fully saturated rings. The van der Waals surface area contributed by atoms with Crippen molar-refractivity contribution in [2.75, 3.05) is 11.9 Å². The lowest BCUT2D eigenvalue weighted by atomic mass is 10.0. The van der Waals surface area contributed by atoms with Crippen LogP contribution in [0.25, 0.3) is 0 Å². The van der Waals surface area contributed by atoms with Gasteiger partial charge in [-0.2, -0.15) is 0 Å². The van der Waals surface area contributed by atoms with Gasteiger partial charge in [-0.1, -0.05) is 24.3 Å². The van der Waals surface area contributed by atoms with Crippen molar-refractivity contribution in [3.8, 4) is 0 Å². The van der Waals surface area contributed by atoms with E-state index >= 15 is 0 Å². The number of hydrogen-bond donors (Lipinski definition) is 2. The van der Waals surface area contributed by atoms with Gasteiger partial charge in [-0.25, -0.2) is 4.79 Å². The predicted octanol–water partition coefficient (Wildman–Crippen LogP) is 2.15. The van der Waals surface area contributed by atoms with Crippen molar-refractivity contribution in [2.45, 2.75) is 12.5 Å². The van der Waals surface area contributed by atoms with Crippen molar-refractivity contribution in [3.63, 3.8) is 0 Å². The maximum atomic E-state index is 12.6. The van der Waals surface area contributed by atoms with Gasteiger partial charge in [0.1, 0.15) is 6.54 Å². The maximum absolute atomic E-state index is 12.6. The SMILES string of the molecule is C[C@@]1(c2cccs2)NC(=O)N(CC(=O)Nc2ccccc2)C1=O. The number of amides is 4. The summed E-state index contributed by atoms with van der Waals surface area (Å²) in [6.45, 7) is 1.33. The molecule has 118 valence electrons. The largest absolute Gasteiger partial charge is 0.325 e. The van der Waals surface area contributed by atoms with Gasteiger partial charge in [0.2, 0.25) is 5.91 Å². The quantitative estimate of drug-likeness (QED) is 0.844. The summed E-state index contributed by atoms with van der Waals surface area (Å²) in [6, 6.07) is 11.9. The molecule has 2 N–H and O–H groups in total. The van der Waals surface area contributed by atoms with Crippen LogP contribution in [-0.2, 0) is 15.1 Å². The number of nitrogens with one attached hydrogen (secondary N) is 2. The first-order valence-corrected chi connectivity index (χ1v) is 7.91. The molecule has 0 spiro atoms. The minimum atomic E-state index is -1.11. The molecule has 1 atom stereocenters. The molecule has 0 unspecified atom stereocenters. The highest BCUT2D eigenvalue weighted by atomic mass is 32.1. The second-order valence-electron chi connectivity index (χ2n) is 5.34. The number of benzene rings is 1. The van der Waals surface area contributed by atoms with Gasteiger partial charge in [0.15, 0.2) is 5.54 Å². The van der Waals surface area contributed by atoms with Gasteiger partial charge in [0.05, 0.1) is 0 Å². The Morgan fingerprint density at radius 2 is 1.96 bits per heavy atom. The second kappa shape index (κ2) is 5.85. The van der Waals surface area contributed by atoms with Crippen LogP contribution >= 0.6 is 11.3 Å². The third kappa shape index (κ3) is 2.83. The average molecular weight is 329 g/mol. The normalized spacial score (nSPS) is 20.5. The molecule has 1 aromatic heterocycles. The first-order valence-electron chi connectivity index (χ1n) is 7.04. The van der Waals surface area contributed by atoms with Crippen LogP contribution in [0.5, 0.6) is 0 Å². The van der Waals surface area contributed by atoms with Gasteiger partial charge in [-0.3, -0.25) is 14.5 Å². The summed E-state index contributed by atoms with van der Waals surface area (Å²) in [5.74, 6) is -0.844. The van der Waals surface area contributed by atoms with E-state index in [9.17, 15) is 14.4 Å². The Morgan fingerprint density at radius 3 is 2.61 bits per heavy atom. The van der Waals surface area contributed by atoms with E-state index < -0.39 is 23.4 Å². The van der Waals surface area contributed by atoms with E-state index in [0.717, 1.165) is 9.78 Å². The zero-order valence-electron chi connectivity index (χ0n) is 12.4. The third-order valence-electron chi connectivity index (χ3n) is 3.65. The number of anilines is 1. The summed E-state index contributed by atoms with van der Waals surface area (Å²) in [7, 11) is 0. The molecule has 2 heterocycles. The third-order valence-corrected chi connectivity index (χ3v) is 4.74. The second-order valence-corrected chi connectivity index (χ2v) is 6.29. The molecule has 0 bridgehead atoms. The number of rotatable bonds is 4. The molecule has 4 amide bonds. The molecular formula is C16H15N3O3S. The van der Waals surface area contributed by atoms with Gasteiger partial charge in [-0.05, 0) is 30.5 Å². The summed E-state index contributed by atoms with van der Waals surface area (Å²) in [5, 5.41) is 7.17. The Kier molecular flexibility index (Phi) is 3.87. The molecule has 23 heavy (non-hydrogen) atoms. The lowest BCUT2D eigenvalue weighted by Crippen LogP contribution is -2.41. The van der Waals surface area contributed by atoms with Gasteiger partial charge in [-0.15, -0.1) is 11.3 Å². The van der Waals surface area contributed by atoms with E-state index in [1.54, 1.807) is 37.3 Å². The van der Waals surface area contributed by atoms with Crippen LogP contribution in [0, 0.1) is 0 Å². The Labute approximate surface area is 137 Å². The minimum absolute atomic E-state index is 0.319. The fraction of sp³-hybridized carbons (Fsp3) is 0.188. The lowest BCUT2D eigenvalue weighted by molar-refractivity contribution is -0.133. The van der Waals surface area contributed by atoms with Gasteiger partial charge in [0, 0.05) is 10.6 Å². The van der Waals surface area contributed by atoms with Gasteiger partial charge < -0.3 is 10.6 Å². The summed E-state index contributed by atoms with van der Waals surface area (Å²) in [4.78, 5) is 38.5. The number of carbonyl (C=O) groups is 3. The Morgan fingerprint density at radius 1 is 1.22 bits per heavy atom. The Balaban J connectivity index is 1.72. The molecule has 0 saturated carbocycles. The van der Waals surface area contributed by atoms with Crippen molar-refractivity contribution in [3.05, 3.63) is 52.7 Å². The number of carbonyl (C=O) groups excluding carboxylic acids is 3. The predicted molar refractivity (Wildman–Crippen MR) is 87.0 cm³/mol. The van der Waals surface area contributed by atoms with E-state index in [4.69, 9.17) is 0 Å². The van der Waals surface area contributed by atoms with Crippen LogP contribution in [0.4, 0.5) is 10.5 Å². The van der Waals surface area contributed by atoms with E-state index in [1.165, 1.54) is 11.3 Å². The number of imide groups is 1. The molecule has 0 radical (unpaired) electrons. The summed E-state index contributed by atoms with van der Waals surface area (Å²) in [6.07, 6.45) is 0. The number of nitrogens with zero attached hydrogens (tertiary/aromatic N) is 1. The van der Waals surface area contributed by atoms with E-state index in [1.807, 2.05) is 17.5 Å². The van der Waals surface area contributed by atoms with Crippen molar-refractivity contribution in [1.29, 1.82) is 0 Å². The zero-order chi connectivity index (χ0) is 16.4. The molecule has 6 nitrogen and oxygen atoms in total. The zero-order valence-corrected chi connectivity index (χ0v) is 13.2. The molecule has 1 aliphatic rings. The molecule has 3 rings (SSSR count). The van der Waals surface area contributed by atoms with Crippen molar-refractivity contribution >= 4 is 34.9 Å². The average Bonchev–Trinajstić information content (AvgIpc) is 3.13. The Bertz CT molecular complexity index is 745. The molecular weight excluding hydrogens is 314 g/mol. The number of hydrogen-bond acceptors (Lipinski definition) is 4. The fourth-order valence-corrected chi connectivity index (χ4v) is 3.27. The van der Waals surface area contributed by atoms with Crippen LogP contribution in [-0.4, -0.2) is 29.3 Å². The lowest BCUT2D eigenvalue weighted by Gasteiger charge is -2.19. The number of thiophene rings is 1. The topological polar surface area (TPSA) is 78.5 Å². The van der Waals surface area contributed by atoms with E-state index in [0.29, 0.717) is 5.69 Å². The van der Waals surface area contributed by atoms with Crippen molar-refractivity contribution in [1.82, 2.24) is 10.2 Å². The molecule has 0 aliphatic carbocycles. The van der Waals surface area contributed by atoms with Crippen LogP contribution in [0.2, 0.25) is 0 Å². The first-order chi connectivity index (χ1) is 11.0.